The zero-order valence-corrected chi connectivity index (χ0v) is 11.1. The van der Waals surface area contributed by atoms with Crippen molar-refractivity contribution in [1.82, 2.24) is 0 Å². The zero-order valence-electron chi connectivity index (χ0n) is 10.3. The Morgan fingerprint density at radius 3 is 2.19 bits per heavy atom. The molecule has 0 saturated heterocycles. The van der Waals surface area contributed by atoms with E-state index >= 15 is 0 Å². The Balaban J connectivity index is 2.43. The van der Waals surface area contributed by atoms with Crippen LogP contribution in [0.4, 0.5) is 20.2 Å². The normalized spacial score (nSPS) is 11.1. The molecule has 0 fully saturated rings. The average Bonchev–Trinajstić information content (AvgIpc) is 2.37. The first-order valence-electron chi connectivity index (χ1n) is 5.52. The van der Waals surface area contributed by atoms with E-state index in [0.717, 1.165) is 30.3 Å². The average molecular weight is 314 g/mol. The maximum Gasteiger partial charge on any atom is 0.271 e. The van der Waals surface area contributed by atoms with Crippen molar-refractivity contribution in [2.45, 2.75) is 4.90 Å². The van der Waals surface area contributed by atoms with E-state index in [0.29, 0.717) is 0 Å². The molecule has 0 spiro atoms. The van der Waals surface area contributed by atoms with Crippen molar-refractivity contribution in [3.63, 3.8) is 0 Å². The summed E-state index contributed by atoms with van der Waals surface area (Å²) in [6.07, 6.45) is 0. The van der Waals surface area contributed by atoms with Crippen LogP contribution >= 0.6 is 0 Å². The molecule has 0 saturated carbocycles. The van der Waals surface area contributed by atoms with Gasteiger partial charge in [0.15, 0.2) is 4.90 Å². The summed E-state index contributed by atoms with van der Waals surface area (Å²) in [6.45, 7) is 0. The predicted octanol–water partition coefficient (Wildman–Crippen LogP) is 2.67. The van der Waals surface area contributed by atoms with Gasteiger partial charge >= 0.3 is 0 Å². The van der Waals surface area contributed by atoms with Crippen LogP contribution in [0.2, 0.25) is 0 Å². The quantitative estimate of drug-likeness (QED) is 0.694. The first-order valence-corrected chi connectivity index (χ1v) is 7.01. The van der Waals surface area contributed by atoms with Crippen molar-refractivity contribution in [3.05, 3.63) is 64.2 Å². The van der Waals surface area contributed by atoms with Crippen LogP contribution in [0.5, 0.6) is 0 Å². The van der Waals surface area contributed by atoms with E-state index in [1.807, 2.05) is 4.72 Å². The number of hydrogen-bond acceptors (Lipinski definition) is 4. The van der Waals surface area contributed by atoms with Crippen LogP contribution in [0.1, 0.15) is 0 Å². The number of rotatable bonds is 4. The van der Waals surface area contributed by atoms with Gasteiger partial charge in [0.05, 0.1) is 10.6 Å². The van der Waals surface area contributed by atoms with Crippen LogP contribution < -0.4 is 4.72 Å². The molecule has 9 heteroatoms. The van der Waals surface area contributed by atoms with Crippen LogP contribution in [-0.4, -0.2) is 13.3 Å². The first kappa shape index (κ1) is 14.9. The lowest BCUT2D eigenvalue weighted by molar-refractivity contribution is -0.384. The SMILES string of the molecule is O=[N+]([O-])c1cccc(NS(=O)(=O)c2c(F)cccc2F)c1. The van der Waals surface area contributed by atoms with Crippen molar-refractivity contribution < 1.29 is 22.1 Å². The summed E-state index contributed by atoms with van der Waals surface area (Å²) in [6, 6.07) is 7.18. The number of nitrogens with one attached hydrogen (secondary N) is 1. The van der Waals surface area contributed by atoms with Gasteiger partial charge in [0, 0.05) is 12.1 Å². The van der Waals surface area contributed by atoms with Gasteiger partial charge in [0.25, 0.3) is 15.7 Å². The molecular weight excluding hydrogens is 306 g/mol. The van der Waals surface area contributed by atoms with Gasteiger partial charge in [-0.1, -0.05) is 12.1 Å². The van der Waals surface area contributed by atoms with Crippen LogP contribution in [-0.2, 0) is 10.0 Å². The standard InChI is InChI=1S/C12H8F2N2O4S/c13-10-5-2-6-11(14)12(10)21(19,20)15-8-3-1-4-9(7-8)16(17)18/h1-7,15H. The summed E-state index contributed by atoms with van der Waals surface area (Å²) in [7, 11) is -4.54. The maximum absolute atomic E-state index is 13.5. The lowest BCUT2D eigenvalue weighted by Crippen LogP contribution is -2.16. The highest BCUT2D eigenvalue weighted by molar-refractivity contribution is 7.92. The van der Waals surface area contributed by atoms with Crippen LogP contribution in [0.3, 0.4) is 0 Å². The minimum Gasteiger partial charge on any atom is -0.279 e. The number of nitro benzene ring substituents is 1. The molecule has 0 aliphatic rings. The topological polar surface area (TPSA) is 89.3 Å². The number of nitro groups is 1. The van der Waals surface area contributed by atoms with Crippen molar-refractivity contribution in [2.75, 3.05) is 4.72 Å². The number of benzene rings is 2. The molecule has 110 valence electrons. The molecular formula is C12H8F2N2O4S. The third kappa shape index (κ3) is 3.14. The van der Waals surface area contributed by atoms with E-state index < -0.39 is 31.5 Å². The monoisotopic (exact) mass is 314 g/mol. The molecule has 2 aromatic carbocycles. The van der Waals surface area contributed by atoms with Crippen molar-refractivity contribution in [3.8, 4) is 0 Å². The Morgan fingerprint density at radius 2 is 1.62 bits per heavy atom. The van der Waals surface area contributed by atoms with Gasteiger partial charge in [-0.05, 0) is 18.2 Å². The van der Waals surface area contributed by atoms with Crippen molar-refractivity contribution in [2.24, 2.45) is 0 Å². The Morgan fingerprint density at radius 1 is 1.05 bits per heavy atom. The molecule has 0 aliphatic carbocycles. The fourth-order valence-corrected chi connectivity index (χ4v) is 2.82. The molecule has 6 nitrogen and oxygen atoms in total. The van der Waals surface area contributed by atoms with E-state index in [4.69, 9.17) is 0 Å². The van der Waals surface area contributed by atoms with E-state index in [1.54, 1.807) is 0 Å². The van der Waals surface area contributed by atoms with Gasteiger partial charge < -0.3 is 0 Å². The Labute approximate surface area is 118 Å². The molecule has 0 heterocycles. The second kappa shape index (κ2) is 5.44. The summed E-state index contributed by atoms with van der Waals surface area (Å²) in [5.41, 5.74) is -0.531. The summed E-state index contributed by atoms with van der Waals surface area (Å²) < 4.78 is 52.8. The summed E-state index contributed by atoms with van der Waals surface area (Å²) in [5.74, 6) is -2.51. The predicted molar refractivity (Wildman–Crippen MR) is 70.3 cm³/mol. The summed E-state index contributed by atoms with van der Waals surface area (Å²) in [4.78, 5) is 8.74. The third-order valence-corrected chi connectivity index (χ3v) is 3.93. The van der Waals surface area contributed by atoms with Crippen molar-refractivity contribution >= 4 is 21.4 Å². The molecule has 21 heavy (non-hydrogen) atoms. The van der Waals surface area contributed by atoms with Crippen molar-refractivity contribution in [1.29, 1.82) is 0 Å². The van der Waals surface area contributed by atoms with Gasteiger partial charge in [0.2, 0.25) is 0 Å². The Hall–Kier alpha value is -2.55. The number of sulfonamides is 1. The highest BCUT2D eigenvalue weighted by atomic mass is 32.2. The minimum atomic E-state index is -4.54. The lowest BCUT2D eigenvalue weighted by Gasteiger charge is -2.09. The lowest BCUT2D eigenvalue weighted by atomic mass is 10.3. The molecule has 0 aliphatic heterocycles. The highest BCUT2D eigenvalue weighted by Gasteiger charge is 2.24. The molecule has 0 unspecified atom stereocenters. The molecule has 2 rings (SSSR count). The van der Waals surface area contributed by atoms with E-state index in [2.05, 4.69) is 0 Å². The number of hydrogen-bond donors (Lipinski definition) is 1. The number of halogens is 2. The van der Waals surface area contributed by atoms with E-state index in [9.17, 15) is 27.3 Å². The first-order chi connectivity index (χ1) is 9.81. The maximum atomic E-state index is 13.5. The van der Waals surface area contributed by atoms with Crippen LogP contribution in [0.15, 0.2) is 47.4 Å². The number of nitrogens with zero attached hydrogens (tertiary/aromatic N) is 1. The smallest absolute Gasteiger partial charge is 0.271 e. The van der Waals surface area contributed by atoms with Gasteiger partial charge in [-0.15, -0.1) is 0 Å². The fourth-order valence-electron chi connectivity index (χ4n) is 1.63. The third-order valence-electron chi connectivity index (χ3n) is 2.50. The summed E-state index contributed by atoms with van der Waals surface area (Å²) in [5, 5.41) is 10.6. The zero-order chi connectivity index (χ0) is 15.6. The minimum absolute atomic E-state index is 0.174. The molecule has 0 atom stereocenters. The van der Waals surface area contributed by atoms with Gasteiger partial charge in [-0.25, -0.2) is 17.2 Å². The van der Waals surface area contributed by atoms with E-state index in [-0.39, 0.29) is 11.4 Å². The highest BCUT2D eigenvalue weighted by Crippen LogP contribution is 2.23. The van der Waals surface area contributed by atoms with E-state index in [1.165, 1.54) is 12.1 Å². The molecule has 1 N–H and O–H groups in total. The molecule has 0 amide bonds. The molecule has 0 aromatic heterocycles. The van der Waals surface area contributed by atoms with Crippen LogP contribution in [0, 0.1) is 21.7 Å². The Bertz CT molecular complexity index is 788. The largest absolute Gasteiger partial charge is 0.279 e. The fraction of sp³-hybridized carbons (Fsp3) is 0. The molecule has 0 bridgehead atoms. The Kier molecular flexibility index (Phi) is 3.85. The molecule has 2 aromatic rings. The second-order valence-corrected chi connectivity index (χ2v) is 5.58. The van der Waals surface area contributed by atoms with Gasteiger partial charge in [-0.3, -0.25) is 14.8 Å². The molecule has 0 radical (unpaired) electrons. The summed E-state index contributed by atoms with van der Waals surface area (Å²) >= 11 is 0. The van der Waals surface area contributed by atoms with Gasteiger partial charge in [0.1, 0.15) is 11.6 Å². The van der Waals surface area contributed by atoms with Crippen LogP contribution in [0.25, 0.3) is 0 Å². The second-order valence-electron chi connectivity index (χ2n) is 3.96. The number of anilines is 1. The van der Waals surface area contributed by atoms with Gasteiger partial charge in [-0.2, -0.15) is 0 Å². The number of non-ortho nitro benzene ring substituents is 1.